The van der Waals surface area contributed by atoms with Crippen LogP contribution >= 0.6 is 0 Å². The lowest BCUT2D eigenvalue weighted by Gasteiger charge is -1.99. The summed E-state index contributed by atoms with van der Waals surface area (Å²) in [6, 6.07) is 4.62. The van der Waals surface area contributed by atoms with Gasteiger partial charge in [-0.1, -0.05) is 0 Å². The molecule has 0 aliphatic heterocycles. The van der Waals surface area contributed by atoms with E-state index in [0.717, 1.165) is 16.5 Å². The maximum atomic E-state index is 11.1. The summed E-state index contributed by atoms with van der Waals surface area (Å²) in [4.78, 5) is 24.4. The van der Waals surface area contributed by atoms with Crippen LogP contribution in [0.25, 0.3) is 10.9 Å². The van der Waals surface area contributed by atoms with Gasteiger partial charge < -0.3 is 9.72 Å². The number of fused-ring (bicyclic) bond motifs is 1. The predicted molar refractivity (Wildman–Crippen MR) is 65.3 cm³/mol. The fraction of sp³-hybridized carbons (Fsp3) is 0.250. The number of aromatic nitrogens is 1. The number of benzene rings is 1. The number of H-pyrrole nitrogens is 1. The summed E-state index contributed by atoms with van der Waals surface area (Å²) in [5.41, 5.74) is 1.74. The van der Waals surface area contributed by atoms with Crippen molar-refractivity contribution in [3.8, 4) is 0 Å². The third-order valence-corrected chi connectivity index (χ3v) is 2.79. The Morgan fingerprint density at radius 2 is 2.28 bits per heavy atom. The van der Waals surface area contributed by atoms with Crippen molar-refractivity contribution >= 4 is 22.6 Å². The number of nitrogens with one attached hydrogen (secondary N) is 1. The minimum Gasteiger partial charge on any atom is -0.469 e. The standard InChI is InChI=1S/C12H12N2O4/c1-18-12(15)5-2-8-7-13-11-4-3-9(14(16)17)6-10(8)11/h3-4,6-7,13H,2,5H2,1H3. The van der Waals surface area contributed by atoms with Crippen LogP contribution in [-0.4, -0.2) is 23.0 Å². The maximum Gasteiger partial charge on any atom is 0.305 e. The van der Waals surface area contributed by atoms with Crippen LogP contribution in [0.15, 0.2) is 24.4 Å². The third-order valence-electron chi connectivity index (χ3n) is 2.79. The number of carbonyl (C=O) groups excluding carboxylic acids is 1. The van der Waals surface area contributed by atoms with E-state index >= 15 is 0 Å². The Morgan fingerprint density at radius 1 is 1.50 bits per heavy atom. The summed E-state index contributed by atoms with van der Waals surface area (Å²) < 4.78 is 4.57. The van der Waals surface area contributed by atoms with Gasteiger partial charge in [-0.3, -0.25) is 14.9 Å². The van der Waals surface area contributed by atoms with Crippen molar-refractivity contribution in [2.75, 3.05) is 7.11 Å². The molecular formula is C12H12N2O4. The molecule has 0 unspecified atom stereocenters. The van der Waals surface area contributed by atoms with E-state index in [1.54, 1.807) is 12.3 Å². The monoisotopic (exact) mass is 248 g/mol. The van der Waals surface area contributed by atoms with Crippen molar-refractivity contribution in [1.82, 2.24) is 4.98 Å². The minimum atomic E-state index is -0.434. The van der Waals surface area contributed by atoms with E-state index in [0.29, 0.717) is 6.42 Å². The highest BCUT2D eigenvalue weighted by molar-refractivity contribution is 5.85. The molecule has 0 atom stereocenters. The molecule has 1 aromatic carbocycles. The third kappa shape index (κ3) is 2.32. The molecule has 6 nitrogen and oxygen atoms in total. The van der Waals surface area contributed by atoms with Crippen LogP contribution in [0.5, 0.6) is 0 Å². The van der Waals surface area contributed by atoms with Crippen molar-refractivity contribution in [1.29, 1.82) is 0 Å². The first-order valence-electron chi connectivity index (χ1n) is 5.43. The SMILES string of the molecule is COC(=O)CCc1c[nH]c2ccc([N+](=O)[O-])cc12. The zero-order chi connectivity index (χ0) is 13.1. The molecule has 0 aliphatic rings. The van der Waals surface area contributed by atoms with Crippen LogP contribution in [-0.2, 0) is 16.0 Å². The van der Waals surface area contributed by atoms with Gasteiger partial charge >= 0.3 is 5.97 Å². The first kappa shape index (κ1) is 12.1. The zero-order valence-electron chi connectivity index (χ0n) is 9.80. The number of rotatable bonds is 4. The van der Waals surface area contributed by atoms with Gasteiger partial charge in [-0.05, 0) is 18.1 Å². The van der Waals surface area contributed by atoms with Crippen molar-refractivity contribution < 1.29 is 14.5 Å². The number of methoxy groups -OCH3 is 1. The Hall–Kier alpha value is -2.37. The van der Waals surface area contributed by atoms with E-state index < -0.39 is 4.92 Å². The molecule has 2 aromatic rings. The van der Waals surface area contributed by atoms with Crippen LogP contribution in [0.2, 0.25) is 0 Å². The van der Waals surface area contributed by atoms with Gasteiger partial charge in [-0.25, -0.2) is 0 Å². The van der Waals surface area contributed by atoms with Gasteiger partial charge in [0, 0.05) is 35.7 Å². The quantitative estimate of drug-likeness (QED) is 0.510. The highest BCUT2D eigenvalue weighted by Gasteiger charge is 2.11. The number of nitro groups is 1. The van der Waals surface area contributed by atoms with Crippen LogP contribution < -0.4 is 0 Å². The molecule has 18 heavy (non-hydrogen) atoms. The molecule has 0 saturated carbocycles. The van der Waals surface area contributed by atoms with Crippen molar-refractivity contribution in [2.24, 2.45) is 0 Å². The predicted octanol–water partition coefficient (Wildman–Crippen LogP) is 2.18. The van der Waals surface area contributed by atoms with Crippen molar-refractivity contribution in [3.63, 3.8) is 0 Å². The summed E-state index contributed by atoms with van der Waals surface area (Å²) >= 11 is 0. The molecule has 0 fully saturated rings. The fourth-order valence-corrected chi connectivity index (χ4v) is 1.83. The van der Waals surface area contributed by atoms with Gasteiger partial charge in [0.1, 0.15) is 0 Å². The molecule has 0 bridgehead atoms. The molecule has 0 radical (unpaired) electrons. The smallest absolute Gasteiger partial charge is 0.305 e. The van der Waals surface area contributed by atoms with Gasteiger partial charge in [0.25, 0.3) is 5.69 Å². The molecule has 1 aromatic heterocycles. The Morgan fingerprint density at radius 3 is 2.94 bits per heavy atom. The number of aryl methyl sites for hydroxylation is 1. The molecule has 1 heterocycles. The second-order valence-electron chi connectivity index (χ2n) is 3.88. The Labute approximate surface area is 103 Å². The molecule has 94 valence electrons. The fourth-order valence-electron chi connectivity index (χ4n) is 1.83. The number of esters is 1. The first-order valence-corrected chi connectivity index (χ1v) is 5.43. The minimum absolute atomic E-state index is 0.0430. The summed E-state index contributed by atoms with van der Waals surface area (Å²) in [6.07, 6.45) is 2.51. The van der Waals surface area contributed by atoms with Gasteiger partial charge in [-0.2, -0.15) is 0 Å². The van der Waals surface area contributed by atoms with Gasteiger partial charge in [0.15, 0.2) is 0 Å². The van der Waals surface area contributed by atoms with E-state index in [-0.39, 0.29) is 18.1 Å². The average molecular weight is 248 g/mol. The van der Waals surface area contributed by atoms with E-state index in [2.05, 4.69) is 9.72 Å². The highest BCUT2D eigenvalue weighted by Crippen LogP contribution is 2.24. The molecule has 0 aliphatic carbocycles. The molecule has 1 N–H and O–H groups in total. The van der Waals surface area contributed by atoms with Crippen molar-refractivity contribution in [3.05, 3.63) is 40.1 Å². The Balaban J connectivity index is 2.30. The number of ether oxygens (including phenoxy) is 1. The second kappa shape index (κ2) is 4.87. The number of aromatic amines is 1. The van der Waals surface area contributed by atoms with E-state index in [9.17, 15) is 14.9 Å². The summed E-state index contributed by atoms with van der Waals surface area (Å²) in [5.74, 6) is -0.296. The second-order valence-corrected chi connectivity index (χ2v) is 3.88. The molecule has 2 rings (SSSR count). The van der Waals surface area contributed by atoms with Crippen molar-refractivity contribution in [2.45, 2.75) is 12.8 Å². The molecule has 0 amide bonds. The van der Waals surface area contributed by atoms with Crippen LogP contribution in [0.4, 0.5) is 5.69 Å². The van der Waals surface area contributed by atoms with Crippen LogP contribution in [0.1, 0.15) is 12.0 Å². The Kier molecular flexibility index (Phi) is 3.27. The van der Waals surface area contributed by atoms with Gasteiger partial charge in [0.2, 0.25) is 0 Å². The van der Waals surface area contributed by atoms with Gasteiger partial charge in [0.05, 0.1) is 12.0 Å². The molecule has 0 saturated heterocycles. The summed E-state index contributed by atoms with van der Waals surface area (Å²) in [7, 11) is 1.34. The lowest BCUT2D eigenvalue weighted by molar-refractivity contribution is -0.384. The summed E-state index contributed by atoms with van der Waals surface area (Å²) in [5, 5.41) is 11.5. The molecular weight excluding hydrogens is 236 g/mol. The highest BCUT2D eigenvalue weighted by atomic mass is 16.6. The number of hydrogen-bond donors (Lipinski definition) is 1. The van der Waals surface area contributed by atoms with Crippen LogP contribution in [0.3, 0.4) is 0 Å². The van der Waals surface area contributed by atoms with Gasteiger partial charge in [-0.15, -0.1) is 0 Å². The largest absolute Gasteiger partial charge is 0.469 e. The Bertz CT molecular complexity index is 603. The zero-order valence-corrected chi connectivity index (χ0v) is 9.80. The van der Waals surface area contributed by atoms with E-state index in [1.807, 2.05) is 0 Å². The number of non-ortho nitro benzene ring substituents is 1. The van der Waals surface area contributed by atoms with E-state index in [1.165, 1.54) is 19.2 Å². The molecule has 0 spiro atoms. The normalized spacial score (nSPS) is 10.5. The lowest BCUT2D eigenvalue weighted by atomic mass is 10.1. The van der Waals surface area contributed by atoms with Crippen LogP contribution in [0, 0.1) is 10.1 Å². The lowest BCUT2D eigenvalue weighted by Crippen LogP contribution is -2.01. The first-order chi connectivity index (χ1) is 8.61. The number of nitrogens with zero attached hydrogens (tertiary/aromatic N) is 1. The topological polar surface area (TPSA) is 85.2 Å². The number of hydrogen-bond acceptors (Lipinski definition) is 4. The van der Waals surface area contributed by atoms with E-state index in [4.69, 9.17) is 0 Å². The summed E-state index contributed by atoms with van der Waals surface area (Å²) in [6.45, 7) is 0. The molecule has 6 heteroatoms. The maximum absolute atomic E-state index is 11.1. The number of nitro benzene ring substituents is 1. The number of carbonyl (C=O) groups is 1. The average Bonchev–Trinajstić information content (AvgIpc) is 2.78.